The topological polar surface area (TPSA) is 3.24 Å². The van der Waals surface area contributed by atoms with Gasteiger partial charge in [0.1, 0.15) is 0 Å². The van der Waals surface area contributed by atoms with Gasteiger partial charge in [0.2, 0.25) is 0 Å². The summed E-state index contributed by atoms with van der Waals surface area (Å²) in [6, 6.07) is 88.5. The summed E-state index contributed by atoms with van der Waals surface area (Å²) in [5, 5.41) is 2.42. The Balaban J connectivity index is 1.11. The summed E-state index contributed by atoms with van der Waals surface area (Å²) >= 11 is 0. The maximum Gasteiger partial charge on any atom is 0.0726 e. The molecule has 10 aromatic rings. The molecule has 0 bridgehead atoms. The maximum atomic E-state index is 2.52. The first-order valence-electron chi connectivity index (χ1n) is 21.3. The number of nitrogens with zero attached hydrogens (tertiary/aromatic N) is 1. The summed E-state index contributed by atoms with van der Waals surface area (Å²) in [6.45, 7) is 0. The SMILES string of the molecule is c1ccc(C2(c3ccccc3)c3ccccc3-c3ccc(N(c4ccc5c(c4)C4(c6ccccc6-c6ccccc64)c4ccccc4-5)c4cccc5ccccc45)cc32)cc1. The van der Waals surface area contributed by atoms with Crippen LogP contribution < -0.4 is 4.90 Å². The number of hydrogen-bond donors (Lipinski definition) is 0. The Labute approximate surface area is 356 Å². The molecule has 0 N–H and O–H groups in total. The molecular formula is C60H39N. The van der Waals surface area contributed by atoms with Crippen LogP contribution in [-0.4, -0.2) is 0 Å². The molecule has 10 aromatic carbocycles. The highest BCUT2D eigenvalue weighted by Crippen LogP contribution is 2.64. The van der Waals surface area contributed by atoms with E-state index in [1.54, 1.807) is 0 Å². The minimum atomic E-state index is -0.518. The van der Waals surface area contributed by atoms with Crippen molar-refractivity contribution in [3.63, 3.8) is 0 Å². The van der Waals surface area contributed by atoms with E-state index in [4.69, 9.17) is 0 Å². The highest BCUT2D eigenvalue weighted by Gasteiger charge is 2.52. The van der Waals surface area contributed by atoms with Gasteiger partial charge in [0.05, 0.1) is 16.5 Å². The normalized spacial score (nSPS) is 14.2. The van der Waals surface area contributed by atoms with Crippen LogP contribution in [0.2, 0.25) is 0 Å². The molecule has 0 saturated carbocycles. The summed E-state index contributed by atoms with van der Waals surface area (Å²) in [7, 11) is 0. The van der Waals surface area contributed by atoms with E-state index in [0.717, 1.165) is 17.1 Å². The molecule has 0 atom stereocenters. The summed E-state index contributed by atoms with van der Waals surface area (Å²) in [4.78, 5) is 2.52. The average molecular weight is 774 g/mol. The number of rotatable bonds is 5. The second kappa shape index (κ2) is 12.9. The van der Waals surface area contributed by atoms with Gasteiger partial charge in [-0.1, -0.05) is 206 Å². The molecule has 61 heavy (non-hydrogen) atoms. The molecule has 0 heterocycles. The minimum absolute atomic E-state index is 0.450. The van der Waals surface area contributed by atoms with E-state index in [1.165, 1.54) is 88.7 Å². The van der Waals surface area contributed by atoms with Crippen molar-refractivity contribution in [2.75, 3.05) is 4.90 Å². The predicted octanol–water partition coefficient (Wildman–Crippen LogP) is 15.0. The Kier molecular flexibility index (Phi) is 7.21. The molecule has 1 spiro atoms. The molecule has 284 valence electrons. The highest BCUT2D eigenvalue weighted by atomic mass is 15.1. The Morgan fingerprint density at radius 1 is 0.262 bits per heavy atom. The van der Waals surface area contributed by atoms with Gasteiger partial charge in [-0.2, -0.15) is 0 Å². The molecule has 0 fully saturated rings. The van der Waals surface area contributed by atoms with Gasteiger partial charge in [0.15, 0.2) is 0 Å². The molecule has 0 amide bonds. The zero-order valence-corrected chi connectivity index (χ0v) is 33.5. The molecule has 3 aliphatic carbocycles. The molecule has 0 radical (unpaired) electrons. The van der Waals surface area contributed by atoms with E-state index in [1.807, 2.05) is 0 Å². The van der Waals surface area contributed by atoms with Crippen LogP contribution in [0.4, 0.5) is 17.1 Å². The highest BCUT2D eigenvalue weighted by molar-refractivity contribution is 6.01. The fourth-order valence-electron chi connectivity index (χ4n) is 11.6. The van der Waals surface area contributed by atoms with Gasteiger partial charge in [-0.3, -0.25) is 0 Å². The van der Waals surface area contributed by atoms with Gasteiger partial charge in [-0.05, 0) is 114 Å². The van der Waals surface area contributed by atoms with Gasteiger partial charge in [0, 0.05) is 16.8 Å². The van der Waals surface area contributed by atoms with Crippen molar-refractivity contribution in [1.29, 1.82) is 0 Å². The lowest BCUT2D eigenvalue weighted by Crippen LogP contribution is -2.28. The predicted molar refractivity (Wildman–Crippen MR) is 252 cm³/mol. The van der Waals surface area contributed by atoms with Crippen LogP contribution in [0.1, 0.15) is 44.5 Å². The van der Waals surface area contributed by atoms with E-state index < -0.39 is 10.8 Å². The zero-order chi connectivity index (χ0) is 40.1. The minimum Gasteiger partial charge on any atom is -0.310 e. The van der Waals surface area contributed by atoms with Crippen molar-refractivity contribution in [1.82, 2.24) is 0 Å². The van der Waals surface area contributed by atoms with Gasteiger partial charge < -0.3 is 4.90 Å². The van der Waals surface area contributed by atoms with Crippen LogP contribution in [0.15, 0.2) is 237 Å². The molecule has 0 unspecified atom stereocenters. The second-order valence-corrected chi connectivity index (χ2v) is 16.7. The smallest absolute Gasteiger partial charge is 0.0726 e. The fraction of sp³-hybridized carbons (Fsp3) is 0.0333. The maximum absolute atomic E-state index is 2.52. The third-order valence-electron chi connectivity index (χ3n) is 13.9. The number of anilines is 3. The molecule has 1 heteroatoms. The lowest BCUT2D eigenvalue weighted by molar-refractivity contribution is 0.768. The van der Waals surface area contributed by atoms with Gasteiger partial charge in [-0.15, -0.1) is 0 Å². The molecule has 1 nitrogen and oxygen atoms in total. The van der Waals surface area contributed by atoms with Gasteiger partial charge in [0.25, 0.3) is 0 Å². The van der Waals surface area contributed by atoms with Crippen molar-refractivity contribution < 1.29 is 0 Å². The lowest BCUT2D eigenvalue weighted by Gasteiger charge is -2.35. The van der Waals surface area contributed by atoms with Crippen molar-refractivity contribution in [2.45, 2.75) is 10.8 Å². The van der Waals surface area contributed by atoms with Crippen LogP contribution >= 0.6 is 0 Å². The number of benzene rings is 10. The monoisotopic (exact) mass is 773 g/mol. The summed E-state index contributed by atoms with van der Waals surface area (Å²) in [5.41, 5.74) is 20.7. The number of fused-ring (bicyclic) bond motifs is 14. The number of hydrogen-bond acceptors (Lipinski definition) is 1. The lowest BCUT2D eigenvalue weighted by atomic mass is 9.67. The third kappa shape index (κ3) is 4.50. The van der Waals surface area contributed by atoms with Crippen LogP contribution in [0.25, 0.3) is 44.2 Å². The standard InChI is InChI=1S/C60H39N/c1-3-20-41(21-4-1)59(42-22-5-2-6-23-42)52-29-13-9-27-48(52)50-36-34-43(38-56(50)59)61(58-33-17-19-40-18-7-8-24-45(40)58)44-35-37-51-49-28-12-16-32-55(49)60(57(51)39-44)53-30-14-10-25-46(53)47-26-11-15-31-54(47)60/h1-39H. The van der Waals surface area contributed by atoms with Gasteiger partial charge >= 0.3 is 0 Å². The van der Waals surface area contributed by atoms with Crippen molar-refractivity contribution in [3.8, 4) is 33.4 Å². The first-order chi connectivity index (χ1) is 30.3. The van der Waals surface area contributed by atoms with Crippen molar-refractivity contribution in [3.05, 3.63) is 281 Å². The van der Waals surface area contributed by atoms with Crippen molar-refractivity contribution >= 4 is 27.8 Å². The first-order valence-corrected chi connectivity index (χ1v) is 21.3. The molecule has 0 aromatic heterocycles. The van der Waals surface area contributed by atoms with E-state index in [9.17, 15) is 0 Å². The molecule has 13 rings (SSSR count). The zero-order valence-electron chi connectivity index (χ0n) is 33.5. The van der Waals surface area contributed by atoms with E-state index >= 15 is 0 Å². The Bertz CT molecular complexity index is 3170. The fourth-order valence-corrected chi connectivity index (χ4v) is 11.6. The Morgan fingerprint density at radius 2 is 0.639 bits per heavy atom. The van der Waals surface area contributed by atoms with Crippen LogP contribution in [0.3, 0.4) is 0 Å². The van der Waals surface area contributed by atoms with Crippen LogP contribution in [0, 0.1) is 0 Å². The van der Waals surface area contributed by atoms with Gasteiger partial charge in [-0.25, -0.2) is 0 Å². The average Bonchev–Trinajstić information content (AvgIpc) is 3.92. The molecular weight excluding hydrogens is 735 g/mol. The Hall–Kier alpha value is -7.74. The summed E-state index contributed by atoms with van der Waals surface area (Å²) in [6.07, 6.45) is 0. The molecule has 0 saturated heterocycles. The molecule has 0 aliphatic heterocycles. The van der Waals surface area contributed by atoms with Crippen LogP contribution in [0.5, 0.6) is 0 Å². The molecule has 3 aliphatic rings. The van der Waals surface area contributed by atoms with E-state index in [-0.39, 0.29) is 0 Å². The van der Waals surface area contributed by atoms with E-state index in [2.05, 4.69) is 241 Å². The first kappa shape index (κ1) is 34.2. The van der Waals surface area contributed by atoms with Crippen molar-refractivity contribution in [2.24, 2.45) is 0 Å². The summed E-state index contributed by atoms with van der Waals surface area (Å²) in [5.74, 6) is 0. The van der Waals surface area contributed by atoms with Crippen LogP contribution in [-0.2, 0) is 10.8 Å². The van der Waals surface area contributed by atoms with E-state index in [0.29, 0.717) is 0 Å². The second-order valence-electron chi connectivity index (χ2n) is 16.7. The quantitative estimate of drug-likeness (QED) is 0.168. The third-order valence-corrected chi connectivity index (χ3v) is 13.9. The summed E-state index contributed by atoms with van der Waals surface area (Å²) < 4.78 is 0. The Morgan fingerprint density at radius 3 is 1.15 bits per heavy atom. The largest absolute Gasteiger partial charge is 0.310 e.